The molecule has 0 saturated heterocycles. The van der Waals surface area contributed by atoms with E-state index in [4.69, 9.17) is 17.2 Å². The van der Waals surface area contributed by atoms with Crippen molar-refractivity contribution < 1.29 is 48.3 Å². The summed E-state index contributed by atoms with van der Waals surface area (Å²) in [5, 5.41) is 29.6. The van der Waals surface area contributed by atoms with Gasteiger partial charge in [0.15, 0.2) is 5.96 Å². The number of nitrogens with zero attached hydrogens (tertiary/aromatic N) is 1. The molecule has 0 aliphatic carbocycles. The van der Waals surface area contributed by atoms with Crippen molar-refractivity contribution in [2.75, 3.05) is 30.3 Å². The first kappa shape index (κ1) is 59.5. The Morgan fingerprint density at radius 2 is 1.02 bits per heavy atom. The van der Waals surface area contributed by atoms with Gasteiger partial charge in [-0.05, 0) is 42.9 Å². The molecule has 0 aromatic carbocycles. The molecule has 0 unspecified atom stereocenters. The zero-order valence-electron chi connectivity index (χ0n) is 37.9. The SMILES string of the molecule is CC[C@H](C)[C@H](NC(=O)[C@H](CS)NC(=O)[C@@H](N)CCCN=C(N)N)C(=O)N[C@@H](CS)C(=O)N[C@H](C(=O)N[C@@H](CC(C)C)C(=O)NCC(=O)N[C@H](C(=O)N[C@@H](CS)C(=O)O)C(C)C)C(C)C. The predicted molar refractivity (Wildman–Crippen MR) is 252 cm³/mol. The van der Waals surface area contributed by atoms with E-state index in [1.807, 2.05) is 13.8 Å². The summed E-state index contributed by atoms with van der Waals surface area (Å²) in [6.07, 6.45) is 1.20. The van der Waals surface area contributed by atoms with Crippen molar-refractivity contribution in [3.8, 4) is 0 Å². The highest BCUT2D eigenvalue weighted by atomic mass is 32.1. The average Bonchev–Trinajstić information content (AvgIpc) is 3.22. The highest BCUT2D eigenvalue weighted by Crippen LogP contribution is 2.12. The maximum atomic E-state index is 13.7. The van der Waals surface area contributed by atoms with Crippen LogP contribution in [0.4, 0.5) is 0 Å². The van der Waals surface area contributed by atoms with E-state index < -0.39 is 126 Å². The molecule has 64 heavy (non-hydrogen) atoms. The quantitative estimate of drug-likeness (QED) is 0.0150. The van der Waals surface area contributed by atoms with Crippen LogP contribution in [0.15, 0.2) is 4.99 Å². The molecule has 8 amide bonds. The van der Waals surface area contributed by atoms with Crippen LogP contribution in [0.3, 0.4) is 0 Å². The molecular weight excluding hydrogens is 893 g/mol. The summed E-state index contributed by atoms with van der Waals surface area (Å²) in [6, 6.07) is -9.39. The van der Waals surface area contributed by atoms with E-state index in [1.165, 1.54) is 0 Å². The van der Waals surface area contributed by atoms with Gasteiger partial charge >= 0.3 is 5.97 Å². The number of aliphatic imine (C=N–C) groups is 1. The van der Waals surface area contributed by atoms with E-state index in [0.717, 1.165) is 0 Å². The summed E-state index contributed by atoms with van der Waals surface area (Å²) >= 11 is 12.4. The van der Waals surface area contributed by atoms with Crippen molar-refractivity contribution >= 4 is 97.1 Å². The smallest absolute Gasteiger partial charge is 0.327 e. The molecule has 15 N–H and O–H groups in total. The van der Waals surface area contributed by atoms with Gasteiger partial charge in [0.1, 0.15) is 42.3 Å². The minimum absolute atomic E-state index is 0.0973. The van der Waals surface area contributed by atoms with Crippen LogP contribution in [0.25, 0.3) is 0 Å². The Labute approximate surface area is 392 Å². The fraction of sp³-hybridized carbons (Fsp3) is 0.744. The molecule has 25 heteroatoms. The Balaban J connectivity index is 5.86. The predicted octanol–water partition coefficient (Wildman–Crippen LogP) is -2.84. The number of thiol groups is 3. The van der Waals surface area contributed by atoms with Crippen molar-refractivity contribution in [1.29, 1.82) is 0 Å². The minimum Gasteiger partial charge on any atom is -0.480 e. The molecule has 0 saturated carbocycles. The molecular formula is C39H72N12O10S3. The Hall–Kier alpha value is -4.49. The number of hydrogen-bond acceptors (Lipinski definition) is 14. The van der Waals surface area contributed by atoms with Gasteiger partial charge in [0.2, 0.25) is 47.3 Å². The van der Waals surface area contributed by atoms with Gasteiger partial charge in [-0.3, -0.25) is 43.3 Å². The summed E-state index contributed by atoms with van der Waals surface area (Å²) in [5.41, 5.74) is 16.6. The number of nitrogens with two attached hydrogens (primary N) is 3. The largest absolute Gasteiger partial charge is 0.480 e. The number of aliphatic carboxylic acids is 1. The van der Waals surface area contributed by atoms with Crippen LogP contribution in [0.5, 0.6) is 0 Å². The second-order valence-electron chi connectivity index (χ2n) is 16.4. The first-order valence-electron chi connectivity index (χ1n) is 21.1. The molecule has 0 fully saturated rings. The topological polar surface area (TPSA) is 361 Å². The molecule has 0 spiro atoms. The second kappa shape index (κ2) is 30.6. The number of hydrogen-bond donors (Lipinski definition) is 15. The van der Waals surface area contributed by atoms with Gasteiger partial charge in [0.05, 0.1) is 12.6 Å². The zero-order chi connectivity index (χ0) is 49.4. The number of carbonyl (C=O) groups excluding carboxylic acids is 8. The maximum Gasteiger partial charge on any atom is 0.327 e. The number of carboxylic acids is 1. The number of carboxylic acid groups (broad SMARTS) is 1. The molecule has 22 nitrogen and oxygen atoms in total. The lowest BCUT2D eigenvalue weighted by Crippen LogP contribution is -2.61. The van der Waals surface area contributed by atoms with E-state index in [-0.39, 0.29) is 48.5 Å². The fourth-order valence-electron chi connectivity index (χ4n) is 5.78. The standard InChI is InChI=1S/C39H72N12O10S3/c1-9-21(8)30(51-34(56)24(15-62)46-31(53)22(40)11-10-12-43-39(41)42)37(59)47-25(16-63)33(55)50-29(20(6)7)36(58)45-23(13-18(2)3)32(54)44-14-27(52)49-28(19(4)5)35(57)48-26(17-64)38(60)61/h18-26,28-30,62-64H,9-17,40H2,1-8H3,(H,44,54)(H,45,58)(H,46,53)(H,47,59)(H,48,57)(H,49,52)(H,50,55)(H,51,56)(H,60,61)(H4,41,42,43)/t21-,22-,23-,24-,25-,26-,28-,29-,30-/m0/s1. The summed E-state index contributed by atoms with van der Waals surface area (Å²) in [6.45, 7) is 13.4. The molecule has 0 radical (unpaired) electrons. The van der Waals surface area contributed by atoms with Gasteiger partial charge in [-0.15, -0.1) is 0 Å². The third-order valence-corrected chi connectivity index (χ3v) is 10.9. The van der Waals surface area contributed by atoms with Gasteiger partial charge < -0.3 is 64.8 Å². The number of nitrogens with one attached hydrogen (secondary N) is 8. The Kier molecular flexibility index (Phi) is 28.5. The first-order valence-corrected chi connectivity index (χ1v) is 23.0. The maximum absolute atomic E-state index is 13.7. The van der Waals surface area contributed by atoms with Crippen LogP contribution in [-0.2, 0) is 43.2 Å². The van der Waals surface area contributed by atoms with E-state index in [2.05, 4.69) is 85.4 Å². The van der Waals surface area contributed by atoms with Crippen LogP contribution < -0.4 is 59.7 Å². The Morgan fingerprint density at radius 3 is 1.45 bits per heavy atom. The number of carbonyl (C=O) groups is 9. The minimum atomic E-state index is -1.30. The molecule has 0 rings (SSSR count). The van der Waals surface area contributed by atoms with E-state index in [0.29, 0.717) is 12.8 Å². The van der Waals surface area contributed by atoms with E-state index in [1.54, 1.807) is 41.5 Å². The van der Waals surface area contributed by atoms with Gasteiger partial charge in [-0.2, -0.15) is 37.9 Å². The van der Waals surface area contributed by atoms with Crippen molar-refractivity contribution in [2.24, 2.45) is 45.9 Å². The summed E-state index contributed by atoms with van der Waals surface area (Å²) < 4.78 is 0. The summed E-state index contributed by atoms with van der Waals surface area (Å²) in [4.78, 5) is 121. The Morgan fingerprint density at radius 1 is 0.578 bits per heavy atom. The highest BCUT2D eigenvalue weighted by molar-refractivity contribution is 7.80. The molecule has 366 valence electrons. The third kappa shape index (κ3) is 21.9. The average molecular weight is 965 g/mol. The second-order valence-corrected chi connectivity index (χ2v) is 17.5. The molecule has 9 atom stereocenters. The van der Waals surface area contributed by atoms with Crippen LogP contribution in [0.2, 0.25) is 0 Å². The highest BCUT2D eigenvalue weighted by Gasteiger charge is 2.35. The lowest BCUT2D eigenvalue weighted by Gasteiger charge is -2.29. The Bertz CT molecular complexity index is 1620. The molecule has 0 aromatic heterocycles. The van der Waals surface area contributed by atoms with Crippen LogP contribution >= 0.6 is 37.9 Å². The third-order valence-electron chi connectivity index (χ3n) is 9.80. The van der Waals surface area contributed by atoms with Gasteiger partial charge in [0.25, 0.3) is 0 Å². The van der Waals surface area contributed by atoms with Crippen LogP contribution in [0.1, 0.15) is 81.1 Å². The molecule has 0 aliphatic rings. The first-order chi connectivity index (χ1) is 29.8. The fourth-order valence-corrected chi connectivity index (χ4v) is 6.55. The number of amides is 8. The van der Waals surface area contributed by atoms with Crippen molar-refractivity contribution in [2.45, 2.75) is 129 Å². The van der Waals surface area contributed by atoms with E-state index in [9.17, 15) is 48.3 Å². The lowest BCUT2D eigenvalue weighted by molar-refractivity contribution is -0.141. The molecule has 0 bridgehead atoms. The number of guanidine groups is 1. The molecule has 0 heterocycles. The van der Waals surface area contributed by atoms with E-state index >= 15 is 0 Å². The van der Waals surface area contributed by atoms with Gasteiger partial charge in [-0.25, -0.2) is 4.79 Å². The monoisotopic (exact) mass is 964 g/mol. The molecule has 0 aliphatic heterocycles. The van der Waals surface area contributed by atoms with Gasteiger partial charge in [-0.1, -0.05) is 61.8 Å². The van der Waals surface area contributed by atoms with Crippen LogP contribution in [-0.4, -0.2) is 143 Å². The van der Waals surface area contributed by atoms with Crippen molar-refractivity contribution in [1.82, 2.24) is 42.5 Å². The summed E-state index contributed by atoms with van der Waals surface area (Å²) in [7, 11) is 0. The normalized spacial score (nSPS) is 15.4. The van der Waals surface area contributed by atoms with Crippen LogP contribution in [0, 0.1) is 23.7 Å². The summed E-state index contributed by atoms with van der Waals surface area (Å²) in [5.74, 6) is -9.28. The lowest BCUT2D eigenvalue weighted by atomic mass is 9.97. The van der Waals surface area contributed by atoms with Gasteiger partial charge in [0, 0.05) is 23.8 Å². The van der Waals surface area contributed by atoms with Crippen molar-refractivity contribution in [3.05, 3.63) is 0 Å². The number of rotatable bonds is 30. The van der Waals surface area contributed by atoms with Crippen molar-refractivity contribution in [3.63, 3.8) is 0 Å². The molecule has 0 aromatic rings. The zero-order valence-corrected chi connectivity index (χ0v) is 40.6.